The zero-order valence-corrected chi connectivity index (χ0v) is 20.0. The summed E-state index contributed by atoms with van der Waals surface area (Å²) in [4.78, 5) is 50.6. The molecule has 3 aliphatic rings. The number of aliphatic carboxylic acids is 1. The second-order valence-corrected chi connectivity index (χ2v) is 9.07. The number of rotatable bonds is 5. The van der Waals surface area contributed by atoms with Gasteiger partial charge in [0.2, 0.25) is 5.91 Å². The monoisotopic (exact) mass is 474 g/mol. The molecule has 12 nitrogen and oxygen atoms in total. The van der Waals surface area contributed by atoms with E-state index in [1.54, 1.807) is 0 Å². The van der Waals surface area contributed by atoms with Gasteiger partial charge >= 0.3 is 51.7 Å². The standard InChI is InChI=1S/C18H18N4O8S.Na.H/c1-31(28,29)30-11-6-9-7-21(14-12(9)22(16(14)24)13(11)17(25)26)18(27)20-10-4-2-8(3-5-10)15(19)23;;/h2-5,9,12,14H,6-7H2,1H3,(H2,19,23)(H,20,27)(H,25,26);;/q;+1;-1/t9-,12-,14+;;/m1../s1. The number of β-lactam (4-membered cyclic amide) rings is 1. The van der Waals surface area contributed by atoms with Crippen LogP contribution in [0.15, 0.2) is 35.7 Å². The Morgan fingerprint density at radius 2 is 1.88 bits per heavy atom. The van der Waals surface area contributed by atoms with Crippen molar-refractivity contribution in [3.05, 3.63) is 41.3 Å². The molecule has 4 N–H and O–H groups in total. The van der Waals surface area contributed by atoms with Crippen LogP contribution in [-0.2, 0) is 23.9 Å². The molecule has 166 valence electrons. The second-order valence-electron chi connectivity index (χ2n) is 7.50. The van der Waals surface area contributed by atoms with Crippen molar-refractivity contribution in [3.63, 3.8) is 0 Å². The Labute approximate surface area is 206 Å². The maximum absolute atomic E-state index is 12.8. The van der Waals surface area contributed by atoms with Crippen LogP contribution in [-0.4, -0.2) is 72.0 Å². The van der Waals surface area contributed by atoms with Crippen molar-refractivity contribution >= 4 is 39.6 Å². The van der Waals surface area contributed by atoms with E-state index in [-0.39, 0.29) is 61.2 Å². The molecule has 0 bridgehead atoms. The second kappa shape index (κ2) is 8.39. The summed E-state index contributed by atoms with van der Waals surface area (Å²) in [5.74, 6) is -3.44. The van der Waals surface area contributed by atoms with Gasteiger partial charge in [0.15, 0.2) is 11.5 Å². The average Bonchev–Trinajstić information content (AvgIpc) is 3.02. The van der Waals surface area contributed by atoms with Gasteiger partial charge in [-0.3, -0.25) is 14.5 Å². The Morgan fingerprint density at radius 3 is 2.41 bits per heavy atom. The van der Waals surface area contributed by atoms with E-state index in [0.29, 0.717) is 5.69 Å². The number of allylic oxidation sites excluding steroid dienone is 1. The summed E-state index contributed by atoms with van der Waals surface area (Å²) in [7, 11) is -4.01. The fraction of sp³-hybridized carbons (Fsp3) is 0.333. The number of anilines is 1. The molecule has 0 saturated carbocycles. The Bertz CT molecular complexity index is 1160. The van der Waals surface area contributed by atoms with E-state index in [9.17, 15) is 32.7 Å². The van der Waals surface area contributed by atoms with Crippen molar-refractivity contribution in [1.29, 1.82) is 0 Å². The van der Waals surface area contributed by atoms with E-state index >= 15 is 0 Å². The first kappa shape index (κ1) is 24.0. The molecule has 3 heterocycles. The third-order valence-electron chi connectivity index (χ3n) is 5.45. The van der Waals surface area contributed by atoms with Crippen molar-refractivity contribution in [3.8, 4) is 0 Å². The number of nitrogens with zero attached hydrogens (tertiary/aromatic N) is 2. The van der Waals surface area contributed by atoms with Gasteiger partial charge in [0.05, 0.1) is 12.3 Å². The predicted octanol–water partition coefficient (Wildman–Crippen LogP) is -3.38. The van der Waals surface area contributed by atoms with E-state index in [0.717, 1.165) is 11.2 Å². The van der Waals surface area contributed by atoms with E-state index in [2.05, 4.69) is 5.32 Å². The van der Waals surface area contributed by atoms with Crippen LogP contribution in [0.25, 0.3) is 0 Å². The summed E-state index contributed by atoms with van der Waals surface area (Å²) in [5.41, 5.74) is 5.30. The van der Waals surface area contributed by atoms with Gasteiger partial charge in [-0.1, -0.05) is 0 Å². The quantitative estimate of drug-likeness (QED) is 0.225. The van der Waals surface area contributed by atoms with Gasteiger partial charge < -0.3 is 26.7 Å². The van der Waals surface area contributed by atoms with Crippen molar-refractivity contribution in [1.82, 2.24) is 9.80 Å². The fourth-order valence-electron chi connectivity index (χ4n) is 4.27. The molecule has 0 spiro atoms. The third kappa shape index (κ3) is 4.08. The van der Waals surface area contributed by atoms with Crippen LogP contribution in [0.4, 0.5) is 10.5 Å². The number of primary amides is 1. The summed E-state index contributed by atoms with van der Waals surface area (Å²) in [6.45, 7) is 0.103. The number of benzene rings is 1. The van der Waals surface area contributed by atoms with Gasteiger partial charge in [-0.2, -0.15) is 8.42 Å². The maximum Gasteiger partial charge on any atom is 1.00 e. The topological polar surface area (TPSA) is 176 Å². The molecule has 1 aromatic carbocycles. The molecule has 3 atom stereocenters. The molecular weight excluding hydrogens is 455 g/mol. The first-order valence-corrected chi connectivity index (χ1v) is 11.0. The first-order chi connectivity index (χ1) is 14.5. The molecule has 2 saturated heterocycles. The molecule has 1 aromatic rings. The smallest absolute Gasteiger partial charge is 1.00 e. The van der Waals surface area contributed by atoms with Crippen LogP contribution in [0.3, 0.4) is 0 Å². The number of carboxylic acids is 1. The number of urea groups is 1. The SMILES string of the molecule is CS(=O)(=O)OC1=C(C(=O)O)N2C(=O)[C@@H]3[C@H]2[C@H](C1)CN3C(=O)Nc1ccc(C(N)=O)cc1.[H-].[Na+]. The van der Waals surface area contributed by atoms with E-state index < -0.39 is 51.7 Å². The molecule has 0 aliphatic carbocycles. The first-order valence-electron chi connectivity index (χ1n) is 9.14. The number of nitrogens with two attached hydrogens (primary N) is 1. The molecule has 3 aliphatic heterocycles. The summed E-state index contributed by atoms with van der Waals surface area (Å²) in [6, 6.07) is 3.83. The van der Waals surface area contributed by atoms with E-state index in [1.807, 2.05) is 0 Å². The van der Waals surface area contributed by atoms with Crippen LogP contribution in [0, 0.1) is 5.92 Å². The van der Waals surface area contributed by atoms with E-state index in [1.165, 1.54) is 29.2 Å². The molecule has 0 aromatic heterocycles. The van der Waals surface area contributed by atoms with Crippen LogP contribution < -0.4 is 40.6 Å². The van der Waals surface area contributed by atoms with Crippen molar-refractivity contribution in [2.24, 2.45) is 11.7 Å². The number of carbonyl (C=O) groups is 4. The van der Waals surface area contributed by atoms with Crippen molar-refractivity contribution in [2.75, 3.05) is 18.1 Å². The molecule has 14 heteroatoms. The van der Waals surface area contributed by atoms with Gasteiger partial charge in [-0.15, -0.1) is 0 Å². The molecule has 4 amide bonds. The molecule has 0 unspecified atom stereocenters. The summed E-state index contributed by atoms with van der Waals surface area (Å²) < 4.78 is 27.9. The minimum atomic E-state index is -4.01. The molecule has 2 fully saturated rings. The van der Waals surface area contributed by atoms with Crippen molar-refractivity contribution in [2.45, 2.75) is 18.5 Å². The normalized spacial score (nSPS) is 23.7. The number of nitrogens with one attached hydrogen (secondary N) is 1. The summed E-state index contributed by atoms with van der Waals surface area (Å²) in [5, 5.41) is 12.1. The predicted molar refractivity (Wildman–Crippen MR) is 105 cm³/mol. The minimum absolute atomic E-state index is 0. The number of carbonyl (C=O) groups excluding carboxylic acids is 3. The van der Waals surface area contributed by atoms with Crippen LogP contribution in [0.1, 0.15) is 18.2 Å². The Morgan fingerprint density at radius 1 is 1.25 bits per heavy atom. The Kier molecular flexibility index (Phi) is 6.30. The van der Waals surface area contributed by atoms with E-state index in [4.69, 9.17) is 9.92 Å². The van der Waals surface area contributed by atoms with Gasteiger partial charge in [0.25, 0.3) is 5.91 Å². The number of amides is 4. The summed E-state index contributed by atoms with van der Waals surface area (Å²) in [6.07, 6.45) is 0.737. The molecule has 32 heavy (non-hydrogen) atoms. The van der Waals surface area contributed by atoms with Crippen LogP contribution in [0.2, 0.25) is 0 Å². The minimum Gasteiger partial charge on any atom is -1.00 e. The zero-order valence-electron chi connectivity index (χ0n) is 18.1. The number of hydrogen-bond acceptors (Lipinski definition) is 7. The zero-order chi connectivity index (χ0) is 22.7. The Balaban J connectivity index is 0.00000193. The van der Waals surface area contributed by atoms with Gasteiger partial charge in [-0.05, 0) is 24.3 Å². The van der Waals surface area contributed by atoms with Gasteiger partial charge in [-0.25, -0.2) is 9.59 Å². The largest absolute Gasteiger partial charge is 1.00 e. The number of likely N-dealkylation sites (tertiary alicyclic amines) is 1. The molecule has 0 radical (unpaired) electrons. The Hall–Kier alpha value is -2.61. The van der Waals surface area contributed by atoms with Crippen molar-refractivity contribution < 1.29 is 67.9 Å². The maximum atomic E-state index is 12.8. The average molecular weight is 474 g/mol. The van der Waals surface area contributed by atoms with Crippen LogP contribution in [0.5, 0.6) is 0 Å². The van der Waals surface area contributed by atoms with Gasteiger partial charge in [0.1, 0.15) is 6.04 Å². The molecule has 4 rings (SSSR count). The van der Waals surface area contributed by atoms with Gasteiger partial charge in [0, 0.05) is 30.1 Å². The molecular formula is C18H19N4NaO8S. The number of carboxylic acid groups (broad SMARTS) is 1. The van der Waals surface area contributed by atoms with Crippen LogP contribution >= 0.6 is 0 Å². The fourth-order valence-corrected chi connectivity index (χ4v) is 4.78. The third-order valence-corrected chi connectivity index (χ3v) is 5.95. The number of hydrogen-bond donors (Lipinski definition) is 3. The summed E-state index contributed by atoms with van der Waals surface area (Å²) >= 11 is 0.